The first-order chi connectivity index (χ1) is 9.56. The molecule has 4 atom stereocenters. The zero-order valence-electron chi connectivity index (χ0n) is 12.5. The summed E-state index contributed by atoms with van der Waals surface area (Å²) >= 11 is 0. The van der Waals surface area contributed by atoms with Crippen molar-refractivity contribution in [2.24, 2.45) is 24.8 Å². The van der Waals surface area contributed by atoms with Crippen LogP contribution in [-0.4, -0.2) is 46.8 Å². The Bertz CT molecular complexity index is 488. The van der Waals surface area contributed by atoms with Crippen molar-refractivity contribution in [3.05, 3.63) is 18.0 Å². The molecule has 0 aliphatic carbocycles. The van der Waals surface area contributed by atoms with Crippen LogP contribution in [0.1, 0.15) is 25.3 Å². The molecule has 5 heteroatoms. The molecule has 0 radical (unpaired) electrons. The van der Waals surface area contributed by atoms with E-state index in [0.29, 0.717) is 17.7 Å². The third-order valence-electron chi connectivity index (χ3n) is 4.98. The van der Waals surface area contributed by atoms with E-state index in [-0.39, 0.29) is 11.8 Å². The quantitative estimate of drug-likeness (QED) is 0.871. The lowest BCUT2D eigenvalue weighted by Crippen LogP contribution is -2.37. The Balaban J connectivity index is 1.74. The molecule has 110 valence electrons. The van der Waals surface area contributed by atoms with Gasteiger partial charge in [0.05, 0.1) is 12.1 Å². The van der Waals surface area contributed by atoms with E-state index >= 15 is 0 Å². The molecule has 1 N–H and O–H groups in total. The summed E-state index contributed by atoms with van der Waals surface area (Å²) in [6.07, 6.45) is 3.93. The standard InChI is InChI=1S/C15H24N4O/c1-10-7-19(8-11(10)2)15(20)14-6-16-5-13(14)12-4-17-18(3)9-12/h4,9-11,13-14,16H,5-8H2,1-3H3/t10?,11?,13-,14+/m1/s1. The molecule has 3 rings (SSSR count). The van der Waals surface area contributed by atoms with Gasteiger partial charge in [-0.1, -0.05) is 13.8 Å². The zero-order chi connectivity index (χ0) is 14.3. The Morgan fingerprint density at radius 2 is 2.00 bits per heavy atom. The van der Waals surface area contributed by atoms with Crippen LogP contribution in [0.15, 0.2) is 12.4 Å². The molecule has 2 saturated heterocycles. The Labute approximate surface area is 120 Å². The van der Waals surface area contributed by atoms with Gasteiger partial charge in [-0.3, -0.25) is 9.48 Å². The Morgan fingerprint density at radius 3 is 2.60 bits per heavy atom. The molecule has 0 spiro atoms. The van der Waals surface area contributed by atoms with Crippen LogP contribution in [0.5, 0.6) is 0 Å². The molecule has 1 aromatic heterocycles. The first-order valence-corrected chi connectivity index (χ1v) is 7.54. The van der Waals surface area contributed by atoms with Crippen molar-refractivity contribution in [1.29, 1.82) is 0 Å². The summed E-state index contributed by atoms with van der Waals surface area (Å²) in [6.45, 7) is 7.97. The first kappa shape index (κ1) is 13.6. The molecule has 3 heterocycles. The number of aryl methyl sites for hydroxylation is 1. The van der Waals surface area contributed by atoms with Crippen LogP contribution in [0.25, 0.3) is 0 Å². The SMILES string of the molecule is CC1CN(C(=O)[C@H]2CNC[C@@H]2c2cnn(C)c2)CC1C. The minimum atomic E-state index is 0.0664. The molecule has 2 aliphatic heterocycles. The fourth-order valence-electron chi connectivity index (χ4n) is 3.46. The van der Waals surface area contributed by atoms with Gasteiger partial charge in [0.2, 0.25) is 5.91 Å². The number of carbonyl (C=O) groups is 1. The second-order valence-electron chi connectivity index (χ2n) is 6.52. The minimum absolute atomic E-state index is 0.0664. The number of likely N-dealkylation sites (tertiary alicyclic amines) is 1. The highest BCUT2D eigenvalue weighted by molar-refractivity contribution is 5.81. The van der Waals surface area contributed by atoms with E-state index in [0.717, 1.165) is 26.2 Å². The van der Waals surface area contributed by atoms with E-state index in [9.17, 15) is 4.79 Å². The van der Waals surface area contributed by atoms with E-state index in [4.69, 9.17) is 0 Å². The van der Waals surface area contributed by atoms with Crippen molar-refractivity contribution in [2.75, 3.05) is 26.2 Å². The molecule has 2 unspecified atom stereocenters. The second kappa shape index (κ2) is 5.20. The third-order valence-corrected chi connectivity index (χ3v) is 4.98. The lowest BCUT2D eigenvalue weighted by Gasteiger charge is -2.23. The van der Waals surface area contributed by atoms with Crippen LogP contribution < -0.4 is 5.32 Å². The highest BCUT2D eigenvalue weighted by Gasteiger charge is 2.39. The van der Waals surface area contributed by atoms with Gasteiger partial charge in [0.15, 0.2) is 0 Å². The predicted molar refractivity (Wildman–Crippen MR) is 77.2 cm³/mol. The number of nitrogens with one attached hydrogen (secondary N) is 1. The second-order valence-corrected chi connectivity index (χ2v) is 6.52. The average Bonchev–Trinajstić information content (AvgIpc) is 3.10. The van der Waals surface area contributed by atoms with E-state index in [2.05, 4.69) is 29.2 Å². The number of carbonyl (C=O) groups excluding carboxylic acids is 1. The smallest absolute Gasteiger partial charge is 0.227 e. The Kier molecular flexibility index (Phi) is 3.54. The molecule has 2 fully saturated rings. The molecule has 1 amide bonds. The van der Waals surface area contributed by atoms with Crippen LogP contribution in [0.3, 0.4) is 0 Å². The monoisotopic (exact) mass is 276 g/mol. The van der Waals surface area contributed by atoms with Crippen LogP contribution in [-0.2, 0) is 11.8 Å². The Morgan fingerprint density at radius 1 is 1.30 bits per heavy atom. The van der Waals surface area contributed by atoms with Gasteiger partial charge in [-0.25, -0.2) is 0 Å². The van der Waals surface area contributed by atoms with E-state index in [1.165, 1.54) is 5.56 Å². The van der Waals surface area contributed by atoms with E-state index < -0.39 is 0 Å². The summed E-state index contributed by atoms with van der Waals surface area (Å²) in [5, 5.41) is 7.61. The molecule has 0 aromatic carbocycles. The number of amides is 1. The van der Waals surface area contributed by atoms with Gasteiger partial charge >= 0.3 is 0 Å². The first-order valence-electron chi connectivity index (χ1n) is 7.54. The van der Waals surface area contributed by atoms with E-state index in [1.807, 2.05) is 24.1 Å². The number of nitrogens with zero attached hydrogens (tertiary/aromatic N) is 3. The lowest BCUT2D eigenvalue weighted by atomic mass is 9.90. The maximum absolute atomic E-state index is 12.8. The number of hydrogen-bond donors (Lipinski definition) is 1. The summed E-state index contributed by atoms with van der Waals surface area (Å²) in [6, 6.07) is 0. The molecule has 20 heavy (non-hydrogen) atoms. The molecule has 0 saturated carbocycles. The van der Waals surface area contributed by atoms with Gasteiger partial charge < -0.3 is 10.2 Å². The lowest BCUT2D eigenvalue weighted by molar-refractivity contribution is -0.134. The van der Waals surface area contributed by atoms with Gasteiger partial charge in [0, 0.05) is 45.3 Å². The summed E-state index contributed by atoms with van der Waals surface area (Å²) in [5.74, 6) is 1.88. The van der Waals surface area contributed by atoms with Crippen molar-refractivity contribution in [3.63, 3.8) is 0 Å². The largest absolute Gasteiger partial charge is 0.342 e. The summed E-state index contributed by atoms with van der Waals surface area (Å²) in [7, 11) is 1.92. The van der Waals surface area contributed by atoms with Gasteiger partial charge in [0.1, 0.15) is 0 Å². The molecular formula is C15H24N4O. The third kappa shape index (κ3) is 2.35. The number of hydrogen-bond acceptors (Lipinski definition) is 3. The van der Waals surface area contributed by atoms with Crippen molar-refractivity contribution < 1.29 is 4.79 Å². The van der Waals surface area contributed by atoms with Crippen molar-refractivity contribution >= 4 is 5.91 Å². The molecule has 5 nitrogen and oxygen atoms in total. The highest BCUT2D eigenvalue weighted by atomic mass is 16.2. The van der Waals surface area contributed by atoms with Crippen LogP contribution >= 0.6 is 0 Å². The topological polar surface area (TPSA) is 50.2 Å². The van der Waals surface area contributed by atoms with Crippen molar-refractivity contribution in [1.82, 2.24) is 20.0 Å². The van der Waals surface area contributed by atoms with Gasteiger partial charge in [0.25, 0.3) is 0 Å². The van der Waals surface area contributed by atoms with Crippen molar-refractivity contribution in [3.8, 4) is 0 Å². The number of rotatable bonds is 2. The predicted octanol–water partition coefficient (Wildman–Crippen LogP) is 0.837. The maximum atomic E-state index is 12.8. The fourth-order valence-corrected chi connectivity index (χ4v) is 3.46. The molecule has 1 aromatic rings. The molecule has 0 bridgehead atoms. The van der Waals surface area contributed by atoms with E-state index in [1.54, 1.807) is 0 Å². The van der Waals surface area contributed by atoms with Crippen LogP contribution in [0, 0.1) is 17.8 Å². The van der Waals surface area contributed by atoms with Crippen LogP contribution in [0.2, 0.25) is 0 Å². The molecule has 2 aliphatic rings. The van der Waals surface area contributed by atoms with Gasteiger partial charge in [-0.2, -0.15) is 5.10 Å². The summed E-state index contributed by atoms with van der Waals surface area (Å²) < 4.78 is 1.81. The van der Waals surface area contributed by atoms with Gasteiger partial charge in [-0.05, 0) is 17.4 Å². The minimum Gasteiger partial charge on any atom is -0.342 e. The number of aromatic nitrogens is 2. The normalized spacial score (nSPS) is 33.9. The van der Waals surface area contributed by atoms with Gasteiger partial charge in [-0.15, -0.1) is 0 Å². The fraction of sp³-hybridized carbons (Fsp3) is 0.733. The van der Waals surface area contributed by atoms with Crippen molar-refractivity contribution in [2.45, 2.75) is 19.8 Å². The summed E-state index contributed by atoms with van der Waals surface area (Å²) in [5.41, 5.74) is 1.18. The van der Waals surface area contributed by atoms with Crippen LogP contribution in [0.4, 0.5) is 0 Å². The average molecular weight is 276 g/mol. The summed E-state index contributed by atoms with van der Waals surface area (Å²) in [4.78, 5) is 14.9. The maximum Gasteiger partial charge on any atom is 0.227 e. The molecular weight excluding hydrogens is 252 g/mol. The highest BCUT2D eigenvalue weighted by Crippen LogP contribution is 2.32. The zero-order valence-corrected chi connectivity index (χ0v) is 12.5. The Hall–Kier alpha value is -1.36.